The Hall–Kier alpha value is -3.44. The molecular formula is C24H25F5N4O3. The maximum absolute atomic E-state index is 14.1. The van der Waals surface area contributed by atoms with Gasteiger partial charge in [0.2, 0.25) is 0 Å². The maximum atomic E-state index is 14.1. The van der Waals surface area contributed by atoms with Gasteiger partial charge in [-0.05, 0) is 50.3 Å². The topological polar surface area (TPSA) is 97.6 Å². The van der Waals surface area contributed by atoms with Crippen molar-refractivity contribution in [3.63, 3.8) is 0 Å². The van der Waals surface area contributed by atoms with Crippen LogP contribution in [-0.2, 0) is 10.9 Å². The van der Waals surface area contributed by atoms with Gasteiger partial charge < -0.3 is 20.7 Å². The summed E-state index contributed by atoms with van der Waals surface area (Å²) in [5, 5.41) is 2.79. The molecule has 2 heterocycles. The lowest BCUT2D eigenvalue weighted by atomic mass is 9.96. The fraction of sp³-hybridized carbons (Fsp3) is 0.458. The van der Waals surface area contributed by atoms with Crippen LogP contribution in [0.3, 0.4) is 0 Å². The molecule has 1 unspecified atom stereocenters. The molecule has 1 aromatic heterocycles. The number of amides is 2. The van der Waals surface area contributed by atoms with E-state index in [0.717, 1.165) is 31.2 Å². The summed E-state index contributed by atoms with van der Waals surface area (Å²) in [5.41, 5.74) is 1.11. The van der Waals surface area contributed by atoms with Crippen molar-refractivity contribution in [1.29, 1.82) is 0 Å². The second kappa shape index (κ2) is 9.21. The third-order valence-corrected chi connectivity index (χ3v) is 6.50. The Labute approximate surface area is 203 Å². The number of anilines is 1. The molecule has 0 bridgehead atoms. The van der Waals surface area contributed by atoms with Gasteiger partial charge in [0.1, 0.15) is 17.2 Å². The van der Waals surface area contributed by atoms with Crippen LogP contribution >= 0.6 is 0 Å². The van der Waals surface area contributed by atoms with Crippen molar-refractivity contribution < 1.29 is 36.3 Å². The van der Waals surface area contributed by atoms with Crippen molar-refractivity contribution >= 4 is 17.7 Å². The van der Waals surface area contributed by atoms with E-state index in [9.17, 15) is 31.5 Å². The van der Waals surface area contributed by atoms with Gasteiger partial charge in [-0.25, -0.2) is 13.6 Å². The predicted octanol–water partition coefficient (Wildman–Crippen LogP) is 4.64. The molecule has 2 aromatic rings. The predicted molar refractivity (Wildman–Crippen MR) is 120 cm³/mol. The first-order chi connectivity index (χ1) is 16.8. The molecule has 1 saturated heterocycles. The van der Waals surface area contributed by atoms with Crippen LogP contribution < -0.4 is 16.0 Å². The minimum absolute atomic E-state index is 0.0777. The van der Waals surface area contributed by atoms with Crippen molar-refractivity contribution in [2.45, 2.75) is 50.9 Å². The van der Waals surface area contributed by atoms with Gasteiger partial charge in [-0.1, -0.05) is 0 Å². The van der Waals surface area contributed by atoms with Gasteiger partial charge in [0, 0.05) is 36.8 Å². The summed E-state index contributed by atoms with van der Waals surface area (Å²) in [6.45, 7) is 3.32. The van der Waals surface area contributed by atoms with Gasteiger partial charge in [-0.3, -0.25) is 9.78 Å². The van der Waals surface area contributed by atoms with Gasteiger partial charge in [0.25, 0.3) is 5.91 Å². The molecular weight excluding hydrogens is 487 g/mol. The van der Waals surface area contributed by atoms with Crippen LogP contribution in [0.5, 0.6) is 0 Å². The van der Waals surface area contributed by atoms with Gasteiger partial charge >= 0.3 is 12.3 Å². The van der Waals surface area contributed by atoms with Crippen LogP contribution in [0.2, 0.25) is 0 Å². The highest BCUT2D eigenvalue weighted by molar-refractivity contribution is 6.04. The number of nitrogens with two attached hydrogens (primary N) is 1. The second-order valence-corrected chi connectivity index (χ2v) is 9.54. The minimum Gasteiger partial charge on any atom is -0.441 e. The first-order valence-electron chi connectivity index (χ1n) is 11.4. The Kier molecular flexibility index (Phi) is 6.56. The van der Waals surface area contributed by atoms with E-state index in [1.54, 1.807) is 13.8 Å². The van der Waals surface area contributed by atoms with E-state index < -0.39 is 52.2 Å². The lowest BCUT2D eigenvalue weighted by Crippen LogP contribution is -2.39. The second-order valence-electron chi connectivity index (χ2n) is 9.54. The molecule has 2 aliphatic rings. The van der Waals surface area contributed by atoms with Gasteiger partial charge in [-0.15, -0.1) is 0 Å². The van der Waals surface area contributed by atoms with Crippen molar-refractivity contribution in [1.82, 2.24) is 10.3 Å². The largest absolute Gasteiger partial charge is 0.441 e. The van der Waals surface area contributed by atoms with Crippen molar-refractivity contribution in [3.05, 3.63) is 47.3 Å². The van der Waals surface area contributed by atoms with E-state index in [1.807, 2.05) is 0 Å². The summed E-state index contributed by atoms with van der Waals surface area (Å²) in [7, 11) is 0. The number of alkyl halides is 3. The van der Waals surface area contributed by atoms with E-state index in [0.29, 0.717) is 6.07 Å². The Balaban J connectivity index is 1.92. The molecule has 2 amide bonds. The maximum Gasteiger partial charge on any atom is 0.434 e. The SMILES string of the molecule is CC(NC(=O)c1cnc(C(F)(F)F)c(-c2cc(F)cc(F)c2)c1N1CC[C@](C)(OC(N)=O)C1)C1CC1. The number of halogens is 5. The number of hydrogen-bond acceptors (Lipinski definition) is 5. The van der Waals surface area contributed by atoms with Gasteiger partial charge in [0.05, 0.1) is 17.8 Å². The van der Waals surface area contributed by atoms with Crippen molar-refractivity contribution in [2.75, 3.05) is 18.0 Å². The number of aromatic nitrogens is 1. The smallest absolute Gasteiger partial charge is 0.434 e. The Bertz CT molecular complexity index is 1180. The first kappa shape index (κ1) is 25.6. The van der Waals surface area contributed by atoms with Crippen LogP contribution in [0, 0.1) is 17.6 Å². The number of primary amides is 1. The molecule has 1 aliphatic carbocycles. The van der Waals surface area contributed by atoms with Crippen molar-refractivity contribution in [3.8, 4) is 11.1 Å². The number of hydrogen-bond donors (Lipinski definition) is 2. The molecule has 7 nitrogen and oxygen atoms in total. The van der Waals surface area contributed by atoms with Crippen LogP contribution in [-0.4, -0.2) is 41.7 Å². The number of rotatable bonds is 6. The number of carbonyl (C=O) groups is 2. The van der Waals surface area contributed by atoms with Crippen molar-refractivity contribution in [2.24, 2.45) is 11.7 Å². The first-order valence-corrected chi connectivity index (χ1v) is 11.4. The third kappa shape index (κ3) is 5.36. The Morgan fingerprint density at radius 1 is 1.22 bits per heavy atom. The molecule has 2 fully saturated rings. The summed E-state index contributed by atoms with van der Waals surface area (Å²) in [5.74, 6) is -2.60. The summed E-state index contributed by atoms with van der Waals surface area (Å²) in [6, 6.07) is 1.81. The van der Waals surface area contributed by atoms with Gasteiger partial charge in [-0.2, -0.15) is 13.2 Å². The van der Waals surface area contributed by atoms with Crippen LogP contribution in [0.1, 0.15) is 49.2 Å². The molecule has 12 heteroatoms. The average Bonchev–Trinajstić information content (AvgIpc) is 3.53. The molecule has 3 N–H and O–H groups in total. The number of carbonyl (C=O) groups excluding carboxylic acids is 2. The zero-order valence-corrected chi connectivity index (χ0v) is 19.6. The molecule has 1 aliphatic heterocycles. The standard InChI is InChI=1S/C24H25F5N4O3/c1-12(13-3-4-13)32-21(34)17-10-31-20(24(27,28)29)18(14-7-15(25)9-16(26)8-14)19(17)33-6-5-23(2,11-33)36-22(30)35/h7-10,12-13H,3-6,11H2,1-2H3,(H2,30,35)(H,32,34)/t12?,23-/m0/s1. The average molecular weight is 512 g/mol. The molecule has 0 radical (unpaired) electrons. The van der Waals surface area contributed by atoms with E-state index in [4.69, 9.17) is 10.5 Å². The van der Waals surface area contributed by atoms with E-state index in [1.165, 1.54) is 4.90 Å². The molecule has 0 spiro atoms. The molecule has 4 rings (SSSR count). The number of nitrogens with one attached hydrogen (secondary N) is 1. The quantitative estimate of drug-likeness (QED) is 0.550. The van der Waals surface area contributed by atoms with Crippen LogP contribution in [0.25, 0.3) is 11.1 Å². The number of benzene rings is 1. The lowest BCUT2D eigenvalue weighted by molar-refractivity contribution is -0.140. The molecule has 194 valence electrons. The zero-order valence-electron chi connectivity index (χ0n) is 19.6. The number of ether oxygens (including phenoxy) is 1. The summed E-state index contributed by atoms with van der Waals surface area (Å²) in [6.07, 6.45) is -3.22. The lowest BCUT2D eigenvalue weighted by Gasteiger charge is -2.29. The monoisotopic (exact) mass is 512 g/mol. The van der Waals surface area contributed by atoms with Crippen LogP contribution in [0.15, 0.2) is 24.4 Å². The zero-order chi connectivity index (χ0) is 26.4. The highest BCUT2D eigenvalue weighted by atomic mass is 19.4. The van der Waals surface area contributed by atoms with E-state index in [-0.39, 0.29) is 42.7 Å². The Morgan fingerprint density at radius 2 is 1.86 bits per heavy atom. The fourth-order valence-corrected chi connectivity index (χ4v) is 4.63. The summed E-state index contributed by atoms with van der Waals surface area (Å²) < 4.78 is 75.8. The van der Waals surface area contributed by atoms with E-state index >= 15 is 0 Å². The summed E-state index contributed by atoms with van der Waals surface area (Å²) in [4.78, 5) is 29.6. The normalized spacial score (nSPS) is 20.8. The fourth-order valence-electron chi connectivity index (χ4n) is 4.63. The minimum atomic E-state index is -5.00. The molecule has 36 heavy (non-hydrogen) atoms. The highest BCUT2D eigenvalue weighted by Crippen LogP contribution is 2.45. The third-order valence-electron chi connectivity index (χ3n) is 6.50. The molecule has 1 saturated carbocycles. The summed E-state index contributed by atoms with van der Waals surface area (Å²) >= 11 is 0. The molecule has 2 atom stereocenters. The number of pyridine rings is 1. The molecule has 1 aromatic carbocycles. The number of nitrogens with zero attached hydrogens (tertiary/aromatic N) is 2. The highest BCUT2D eigenvalue weighted by Gasteiger charge is 2.43. The Morgan fingerprint density at radius 3 is 2.42 bits per heavy atom. The van der Waals surface area contributed by atoms with E-state index in [2.05, 4.69) is 10.3 Å². The van der Waals surface area contributed by atoms with Crippen LogP contribution in [0.4, 0.5) is 32.4 Å². The van der Waals surface area contributed by atoms with Gasteiger partial charge in [0.15, 0.2) is 5.69 Å².